The summed E-state index contributed by atoms with van der Waals surface area (Å²) >= 11 is 0. The van der Waals surface area contributed by atoms with E-state index in [-0.39, 0.29) is 0 Å². The molecular formula is C16H14N+. The quantitative estimate of drug-likeness (QED) is 0.461. The average Bonchev–Trinajstić information content (AvgIpc) is 2.75. The second-order valence-electron chi connectivity index (χ2n) is 4.32. The van der Waals surface area contributed by atoms with Crippen LogP contribution in [-0.2, 0) is 6.54 Å². The van der Waals surface area contributed by atoms with E-state index in [0.717, 1.165) is 17.7 Å². The van der Waals surface area contributed by atoms with Crippen LogP contribution in [-0.4, -0.2) is 0 Å². The van der Waals surface area contributed by atoms with Crippen molar-refractivity contribution in [2.45, 2.75) is 6.54 Å². The van der Waals surface area contributed by atoms with E-state index < -0.39 is 0 Å². The molecule has 0 spiro atoms. The third kappa shape index (κ3) is 1.51. The number of rotatable bonds is 2. The van der Waals surface area contributed by atoms with Crippen LogP contribution in [0.2, 0.25) is 0 Å². The third-order valence-corrected chi connectivity index (χ3v) is 3.28. The predicted octanol–water partition coefficient (Wildman–Crippen LogP) is 3.20. The lowest BCUT2D eigenvalue weighted by Gasteiger charge is -2.01. The minimum absolute atomic E-state index is 0.965. The van der Waals surface area contributed by atoms with E-state index in [1.165, 1.54) is 16.8 Å². The molecule has 0 bridgehead atoms. The van der Waals surface area contributed by atoms with Gasteiger partial charge in [0.2, 0.25) is 5.69 Å². The summed E-state index contributed by atoms with van der Waals surface area (Å²) < 4.78 is 2.27. The average molecular weight is 220 g/mol. The van der Waals surface area contributed by atoms with E-state index in [4.69, 9.17) is 0 Å². The summed E-state index contributed by atoms with van der Waals surface area (Å²) in [6.45, 7) is 8.73. The maximum absolute atomic E-state index is 4.00. The molecule has 1 aromatic heterocycles. The SMILES string of the molecule is C=CC(=C)c1ccc2c(c1)-c1cccc[n+]1C2. The van der Waals surface area contributed by atoms with Crippen molar-refractivity contribution in [1.29, 1.82) is 0 Å². The minimum Gasteiger partial charge on any atom is -0.194 e. The molecular weight excluding hydrogens is 206 g/mol. The Morgan fingerprint density at radius 2 is 2.12 bits per heavy atom. The van der Waals surface area contributed by atoms with Crippen LogP contribution in [0.15, 0.2) is 61.8 Å². The summed E-state index contributed by atoms with van der Waals surface area (Å²) in [5, 5.41) is 0. The Morgan fingerprint density at radius 1 is 1.24 bits per heavy atom. The number of hydrogen-bond donors (Lipinski definition) is 0. The summed E-state index contributed by atoms with van der Waals surface area (Å²) in [6.07, 6.45) is 3.92. The van der Waals surface area contributed by atoms with Crippen LogP contribution in [0.3, 0.4) is 0 Å². The summed E-state index contributed by atoms with van der Waals surface area (Å²) in [5.74, 6) is 0. The topological polar surface area (TPSA) is 3.88 Å². The number of aromatic nitrogens is 1. The minimum atomic E-state index is 0.965. The summed E-state index contributed by atoms with van der Waals surface area (Å²) in [5.41, 5.74) is 6.09. The highest BCUT2D eigenvalue weighted by Gasteiger charge is 2.25. The third-order valence-electron chi connectivity index (χ3n) is 3.28. The zero-order chi connectivity index (χ0) is 11.8. The zero-order valence-corrected chi connectivity index (χ0v) is 9.69. The number of pyridine rings is 1. The molecule has 1 heteroatoms. The van der Waals surface area contributed by atoms with Crippen molar-refractivity contribution in [2.75, 3.05) is 0 Å². The fourth-order valence-electron chi connectivity index (χ4n) is 2.31. The maximum Gasteiger partial charge on any atom is 0.213 e. The van der Waals surface area contributed by atoms with Gasteiger partial charge in [0.1, 0.15) is 0 Å². The highest BCUT2D eigenvalue weighted by atomic mass is 15.0. The molecule has 1 aliphatic rings. The molecule has 1 nitrogen and oxygen atoms in total. The van der Waals surface area contributed by atoms with Gasteiger partial charge >= 0.3 is 0 Å². The van der Waals surface area contributed by atoms with Crippen molar-refractivity contribution in [3.8, 4) is 11.3 Å². The Bertz CT molecular complexity index is 623. The summed E-state index contributed by atoms with van der Waals surface area (Å²) in [6, 6.07) is 12.8. The predicted molar refractivity (Wildman–Crippen MR) is 70.4 cm³/mol. The van der Waals surface area contributed by atoms with Crippen molar-refractivity contribution < 1.29 is 4.57 Å². The molecule has 2 heterocycles. The Morgan fingerprint density at radius 3 is 2.94 bits per heavy atom. The smallest absolute Gasteiger partial charge is 0.194 e. The molecule has 0 saturated heterocycles. The first-order valence-electron chi connectivity index (χ1n) is 5.73. The monoisotopic (exact) mass is 220 g/mol. The molecule has 3 rings (SSSR count). The van der Waals surface area contributed by atoms with Gasteiger partial charge in [0.15, 0.2) is 12.7 Å². The summed E-state index contributed by atoms with van der Waals surface area (Å²) in [4.78, 5) is 0. The van der Waals surface area contributed by atoms with Gasteiger partial charge < -0.3 is 0 Å². The van der Waals surface area contributed by atoms with Gasteiger partial charge in [0.25, 0.3) is 0 Å². The first kappa shape index (κ1) is 10.0. The molecule has 1 aliphatic heterocycles. The van der Waals surface area contributed by atoms with Crippen molar-refractivity contribution in [2.24, 2.45) is 0 Å². The lowest BCUT2D eigenvalue weighted by molar-refractivity contribution is -0.672. The van der Waals surface area contributed by atoms with Crippen LogP contribution >= 0.6 is 0 Å². The van der Waals surface area contributed by atoms with E-state index >= 15 is 0 Å². The number of hydrogen-bond acceptors (Lipinski definition) is 0. The highest BCUT2D eigenvalue weighted by Crippen LogP contribution is 2.29. The van der Waals surface area contributed by atoms with Gasteiger partial charge in [-0.2, -0.15) is 4.57 Å². The van der Waals surface area contributed by atoms with Crippen LogP contribution in [0.5, 0.6) is 0 Å². The Hall–Kier alpha value is -2.15. The molecule has 0 aliphatic carbocycles. The molecule has 17 heavy (non-hydrogen) atoms. The van der Waals surface area contributed by atoms with E-state index in [1.807, 2.05) is 0 Å². The van der Waals surface area contributed by atoms with Gasteiger partial charge in [-0.3, -0.25) is 0 Å². The maximum atomic E-state index is 4.00. The van der Waals surface area contributed by atoms with Gasteiger partial charge in [-0.05, 0) is 23.3 Å². The fraction of sp³-hybridized carbons (Fsp3) is 0.0625. The first-order valence-corrected chi connectivity index (χ1v) is 5.73. The van der Waals surface area contributed by atoms with Crippen LogP contribution < -0.4 is 4.57 Å². The van der Waals surface area contributed by atoms with Gasteiger partial charge in [-0.1, -0.05) is 31.4 Å². The van der Waals surface area contributed by atoms with E-state index in [2.05, 4.69) is 60.3 Å². The fourth-order valence-corrected chi connectivity index (χ4v) is 2.31. The van der Waals surface area contributed by atoms with Gasteiger partial charge in [0.05, 0.1) is 5.56 Å². The standard InChI is InChI=1S/C16H14N/c1-3-12(2)13-7-8-14-11-17-9-5-4-6-16(17)15(14)10-13/h3-10H,1-2,11H2/q+1. The van der Waals surface area contributed by atoms with Crippen molar-refractivity contribution >= 4 is 5.57 Å². The molecule has 0 unspecified atom stereocenters. The molecule has 0 radical (unpaired) electrons. The Labute approximate surface area is 101 Å². The van der Waals surface area contributed by atoms with E-state index in [0.29, 0.717) is 0 Å². The Balaban J connectivity index is 2.18. The van der Waals surface area contributed by atoms with Crippen LogP contribution in [0.25, 0.3) is 16.8 Å². The number of allylic oxidation sites excluding steroid dienone is 2. The van der Waals surface area contributed by atoms with Crippen molar-refractivity contribution in [1.82, 2.24) is 0 Å². The van der Waals surface area contributed by atoms with Crippen LogP contribution in [0.1, 0.15) is 11.1 Å². The molecule has 0 N–H and O–H groups in total. The van der Waals surface area contributed by atoms with Crippen LogP contribution in [0.4, 0.5) is 0 Å². The van der Waals surface area contributed by atoms with Gasteiger partial charge in [0, 0.05) is 17.7 Å². The molecule has 82 valence electrons. The molecule has 0 fully saturated rings. The molecule has 2 aromatic rings. The number of fused-ring (bicyclic) bond motifs is 3. The van der Waals surface area contributed by atoms with Gasteiger partial charge in [-0.25, -0.2) is 0 Å². The lowest BCUT2D eigenvalue weighted by atomic mass is 10.00. The molecule has 0 amide bonds. The second-order valence-corrected chi connectivity index (χ2v) is 4.32. The van der Waals surface area contributed by atoms with E-state index in [9.17, 15) is 0 Å². The first-order chi connectivity index (χ1) is 8.29. The Kier molecular flexibility index (Phi) is 2.19. The highest BCUT2D eigenvalue weighted by molar-refractivity contribution is 5.76. The number of benzene rings is 1. The van der Waals surface area contributed by atoms with Crippen LogP contribution in [0, 0.1) is 0 Å². The largest absolute Gasteiger partial charge is 0.213 e. The van der Waals surface area contributed by atoms with Gasteiger partial charge in [-0.15, -0.1) is 0 Å². The molecule has 0 saturated carbocycles. The summed E-state index contributed by atoms with van der Waals surface area (Å²) in [7, 11) is 0. The molecule has 0 atom stereocenters. The normalized spacial score (nSPS) is 11.8. The molecule has 1 aromatic carbocycles. The second kappa shape index (κ2) is 3.70. The lowest BCUT2D eigenvalue weighted by Crippen LogP contribution is -2.31. The van der Waals surface area contributed by atoms with E-state index in [1.54, 1.807) is 6.08 Å². The van der Waals surface area contributed by atoms with Crippen molar-refractivity contribution in [3.05, 3.63) is 73.0 Å². The zero-order valence-electron chi connectivity index (χ0n) is 9.69. The number of nitrogens with zero attached hydrogens (tertiary/aromatic N) is 1. The van der Waals surface area contributed by atoms with Crippen molar-refractivity contribution in [3.63, 3.8) is 0 Å².